The summed E-state index contributed by atoms with van der Waals surface area (Å²) in [5, 5.41) is 11.0. The third kappa shape index (κ3) is 4.71. The summed E-state index contributed by atoms with van der Waals surface area (Å²) in [6.45, 7) is 4.38. The van der Waals surface area contributed by atoms with E-state index in [-0.39, 0.29) is 0 Å². The van der Waals surface area contributed by atoms with Gasteiger partial charge in [0.25, 0.3) is 0 Å². The van der Waals surface area contributed by atoms with Crippen LogP contribution < -0.4 is 0 Å². The molecule has 0 radical (unpaired) electrons. The summed E-state index contributed by atoms with van der Waals surface area (Å²) in [5.74, 6) is -0.985. The van der Waals surface area contributed by atoms with Crippen molar-refractivity contribution in [1.82, 2.24) is 4.98 Å². The van der Waals surface area contributed by atoms with Crippen LogP contribution in [0.5, 0.6) is 0 Å². The molecule has 1 unspecified atom stereocenters. The first-order valence-electron chi connectivity index (χ1n) is 10.8. The van der Waals surface area contributed by atoms with Gasteiger partial charge in [-0.25, -0.2) is 0 Å². The Labute approximate surface area is 193 Å². The third-order valence-electron chi connectivity index (χ3n) is 5.89. The van der Waals surface area contributed by atoms with E-state index >= 15 is 0 Å². The van der Waals surface area contributed by atoms with Gasteiger partial charge in [-0.2, -0.15) is 0 Å². The molecule has 162 valence electrons. The number of carboxylic acid groups (broad SMARTS) is 1. The van der Waals surface area contributed by atoms with Crippen molar-refractivity contribution in [1.29, 1.82) is 0 Å². The summed E-state index contributed by atoms with van der Waals surface area (Å²) < 4.78 is 0. The smallest absolute Gasteiger partial charge is 0.311 e. The van der Waals surface area contributed by atoms with Crippen LogP contribution in [-0.2, 0) is 11.2 Å². The number of fused-ring (bicyclic) bond motifs is 1. The number of hydrogen-bond donors (Lipinski definition) is 1. The van der Waals surface area contributed by atoms with Crippen molar-refractivity contribution in [3.63, 3.8) is 0 Å². The Morgan fingerprint density at radius 2 is 1.75 bits per heavy atom. The minimum atomic E-state index is -0.804. The molecule has 1 N–H and O–H groups in total. The number of carboxylic acids is 1. The molecule has 3 aromatic carbocycles. The number of pyridine rings is 1. The Morgan fingerprint density at radius 3 is 2.44 bits per heavy atom. The van der Waals surface area contributed by atoms with Crippen LogP contribution in [0.3, 0.4) is 0 Å². The van der Waals surface area contributed by atoms with E-state index < -0.39 is 11.9 Å². The molecular formula is C28H27NO2S. The van der Waals surface area contributed by atoms with Crippen molar-refractivity contribution >= 4 is 28.6 Å². The predicted molar refractivity (Wildman–Crippen MR) is 134 cm³/mol. The van der Waals surface area contributed by atoms with E-state index in [1.807, 2.05) is 54.9 Å². The van der Waals surface area contributed by atoms with E-state index in [9.17, 15) is 9.90 Å². The molecule has 0 spiro atoms. The fraction of sp³-hybridized carbons (Fsp3) is 0.214. The molecule has 4 heteroatoms. The van der Waals surface area contributed by atoms with Crippen molar-refractivity contribution in [2.24, 2.45) is 0 Å². The lowest BCUT2D eigenvalue weighted by Crippen LogP contribution is -2.14. The zero-order valence-corrected chi connectivity index (χ0v) is 19.4. The molecule has 4 rings (SSSR count). The van der Waals surface area contributed by atoms with Gasteiger partial charge in [0, 0.05) is 22.0 Å². The van der Waals surface area contributed by atoms with Crippen molar-refractivity contribution in [2.45, 2.75) is 37.0 Å². The molecule has 0 aliphatic heterocycles. The summed E-state index contributed by atoms with van der Waals surface area (Å²) in [5.41, 5.74) is 6.22. The number of benzene rings is 3. The van der Waals surface area contributed by atoms with Gasteiger partial charge < -0.3 is 5.11 Å². The Hall–Kier alpha value is -3.11. The maximum atomic E-state index is 12.1. The average molecular weight is 442 g/mol. The molecule has 0 aliphatic rings. The van der Waals surface area contributed by atoms with Crippen LogP contribution in [0.15, 0.2) is 83.9 Å². The summed E-state index contributed by atoms with van der Waals surface area (Å²) in [6, 6.07) is 24.5. The zero-order chi connectivity index (χ0) is 22.7. The second-order valence-corrected chi connectivity index (χ2v) is 9.25. The van der Waals surface area contributed by atoms with Crippen LogP contribution >= 0.6 is 11.8 Å². The molecular weight excluding hydrogens is 414 g/mol. The molecule has 32 heavy (non-hydrogen) atoms. The van der Waals surface area contributed by atoms with Crippen molar-refractivity contribution in [3.8, 4) is 11.1 Å². The van der Waals surface area contributed by atoms with Gasteiger partial charge in [-0.1, -0.05) is 56.3 Å². The van der Waals surface area contributed by atoms with Gasteiger partial charge in [-0.3, -0.25) is 9.78 Å². The van der Waals surface area contributed by atoms with E-state index in [2.05, 4.69) is 49.2 Å². The molecule has 4 aromatic rings. The summed E-state index contributed by atoms with van der Waals surface area (Å²) in [7, 11) is 0. The Kier molecular flexibility index (Phi) is 6.61. The van der Waals surface area contributed by atoms with Crippen LogP contribution in [0.25, 0.3) is 22.0 Å². The number of nitrogens with zero attached hydrogens (tertiary/aromatic N) is 1. The van der Waals surface area contributed by atoms with Gasteiger partial charge >= 0.3 is 5.97 Å². The molecule has 1 aromatic heterocycles. The Bertz CT molecular complexity index is 1250. The molecule has 0 amide bonds. The van der Waals surface area contributed by atoms with E-state index in [4.69, 9.17) is 0 Å². The molecule has 1 heterocycles. The van der Waals surface area contributed by atoms with Crippen molar-refractivity contribution in [3.05, 3.63) is 95.7 Å². The van der Waals surface area contributed by atoms with Gasteiger partial charge in [0.05, 0.1) is 11.4 Å². The summed E-state index contributed by atoms with van der Waals surface area (Å²) in [4.78, 5) is 17.9. The largest absolute Gasteiger partial charge is 0.481 e. The molecule has 3 nitrogen and oxygen atoms in total. The van der Waals surface area contributed by atoms with Gasteiger partial charge in [0.15, 0.2) is 0 Å². The summed E-state index contributed by atoms with van der Waals surface area (Å²) >= 11 is 1.65. The second kappa shape index (κ2) is 9.58. The van der Waals surface area contributed by atoms with Crippen molar-refractivity contribution in [2.75, 3.05) is 6.26 Å². The number of carbonyl (C=O) groups is 1. The highest BCUT2D eigenvalue weighted by Gasteiger charge is 2.21. The maximum absolute atomic E-state index is 12.1. The van der Waals surface area contributed by atoms with Gasteiger partial charge in [-0.05, 0) is 71.2 Å². The molecule has 1 atom stereocenters. The third-order valence-corrected chi connectivity index (χ3v) is 6.63. The van der Waals surface area contributed by atoms with E-state index in [0.29, 0.717) is 12.3 Å². The lowest BCUT2D eigenvalue weighted by Gasteiger charge is -2.16. The fourth-order valence-corrected chi connectivity index (χ4v) is 4.46. The normalized spacial score (nSPS) is 12.2. The highest BCUT2D eigenvalue weighted by Crippen LogP contribution is 2.33. The number of aromatic nitrogens is 1. The Balaban J connectivity index is 1.73. The highest BCUT2D eigenvalue weighted by atomic mass is 32.2. The number of thioether (sulfide) groups is 1. The molecule has 0 saturated heterocycles. The first-order valence-corrected chi connectivity index (χ1v) is 12.0. The Morgan fingerprint density at radius 1 is 0.969 bits per heavy atom. The van der Waals surface area contributed by atoms with Gasteiger partial charge in [-0.15, -0.1) is 11.8 Å². The topological polar surface area (TPSA) is 50.2 Å². The number of aliphatic carboxylic acids is 1. The molecule has 0 fully saturated rings. The quantitative estimate of drug-likeness (QED) is 0.309. The predicted octanol–water partition coefficient (Wildman–Crippen LogP) is 7.16. The number of hydrogen-bond acceptors (Lipinski definition) is 3. The molecule has 0 bridgehead atoms. The first-order chi connectivity index (χ1) is 15.5. The minimum absolute atomic E-state index is 0.405. The van der Waals surface area contributed by atoms with Gasteiger partial charge in [0.1, 0.15) is 0 Å². The SMILES string of the molecule is CSc1ccc(C(Cc2cccc(-c3cc(C(C)C)cc4cccnc34)c2)C(=O)O)cc1. The van der Waals surface area contributed by atoms with E-state index in [0.717, 1.165) is 38.1 Å². The summed E-state index contributed by atoms with van der Waals surface area (Å²) in [6.07, 6.45) is 4.28. The average Bonchev–Trinajstić information content (AvgIpc) is 2.82. The van der Waals surface area contributed by atoms with Crippen LogP contribution in [0.1, 0.15) is 42.4 Å². The lowest BCUT2D eigenvalue weighted by molar-refractivity contribution is -0.138. The van der Waals surface area contributed by atoms with Crippen molar-refractivity contribution < 1.29 is 9.90 Å². The van der Waals surface area contributed by atoms with E-state index in [1.54, 1.807) is 11.8 Å². The standard InChI is InChI=1S/C28H27NO2S/c1-18(2)23-16-22-8-5-13-29-27(22)25(17-23)21-7-4-6-19(14-21)15-26(28(30)31)20-9-11-24(32-3)12-10-20/h4-14,16-18,26H,15H2,1-3H3,(H,30,31). The molecule has 0 saturated carbocycles. The zero-order valence-electron chi connectivity index (χ0n) is 18.6. The minimum Gasteiger partial charge on any atom is -0.481 e. The highest BCUT2D eigenvalue weighted by molar-refractivity contribution is 7.98. The fourth-order valence-electron chi connectivity index (χ4n) is 4.05. The van der Waals surface area contributed by atoms with E-state index in [1.165, 1.54) is 5.56 Å². The van der Waals surface area contributed by atoms with Crippen LogP contribution in [0.4, 0.5) is 0 Å². The van der Waals surface area contributed by atoms with Crippen LogP contribution in [0.2, 0.25) is 0 Å². The van der Waals surface area contributed by atoms with Crippen LogP contribution in [-0.4, -0.2) is 22.3 Å². The van der Waals surface area contributed by atoms with Crippen LogP contribution in [0, 0.1) is 0 Å². The molecule has 0 aliphatic carbocycles. The first kappa shape index (κ1) is 22.1. The number of rotatable bonds is 7. The lowest BCUT2D eigenvalue weighted by atomic mass is 9.89. The maximum Gasteiger partial charge on any atom is 0.311 e. The second-order valence-electron chi connectivity index (χ2n) is 8.37. The van der Waals surface area contributed by atoms with Gasteiger partial charge in [0.2, 0.25) is 0 Å². The monoisotopic (exact) mass is 441 g/mol.